The molecule has 1 aliphatic heterocycles. The Kier molecular flexibility index (Phi) is 7.36. The van der Waals surface area contributed by atoms with Crippen LogP contribution in [0.2, 0.25) is 0 Å². The predicted octanol–water partition coefficient (Wildman–Crippen LogP) is 4.26. The molecule has 3 N–H and O–H groups in total. The number of hydrogen-bond acceptors (Lipinski definition) is 3. The zero-order chi connectivity index (χ0) is 18.9. The Balaban J connectivity index is 0.000000189. The van der Waals surface area contributed by atoms with Crippen molar-refractivity contribution in [3.05, 3.63) is 77.0 Å². The summed E-state index contributed by atoms with van der Waals surface area (Å²) in [5, 5.41) is 9.18. The number of rotatable bonds is 2. The SMILES string of the molecule is CC1=C(C)Nc2ccccc2C1.CCNC(=S)NC(=O)c1ccccc1. The van der Waals surface area contributed by atoms with Crippen LogP contribution in [0.15, 0.2) is 65.9 Å². The molecule has 3 rings (SSSR count). The van der Waals surface area contributed by atoms with Gasteiger partial charge in [0.1, 0.15) is 0 Å². The Labute approximate surface area is 160 Å². The van der Waals surface area contributed by atoms with Gasteiger partial charge in [0.05, 0.1) is 0 Å². The Morgan fingerprint density at radius 3 is 2.42 bits per heavy atom. The Bertz CT molecular complexity index is 767. The third-order valence-electron chi connectivity index (χ3n) is 4.04. The van der Waals surface area contributed by atoms with Crippen molar-refractivity contribution in [1.82, 2.24) is 10.6 Å². The van der Waals surface area contributed by atoms with Crippen LogP contribution in [-0.2, 0) is 6.42 Å². The van der Waals surface area contributed by atoms with Crippen LogP contribution in [0.5, 0.6) is 0 Å². The molecule has 4 nitrogen and oxygen atoms in total. The van der Waals surface area contributed by atoms with Crippen molar-refractivity contribution in [3.8, 4) is 0 Å². The number of para-hydroxylation sites is 1. The summed E-state index contributed by atoms with van der Waals surface area (Å²) in [6.45, 7) is 6.93. The van der Waals surface area contributed by atoms with Gasteiger partial charge < -0.3 is 10.6 Å². The monoisotopic (exact) mass is 367 g/mol. The molecule has 2 aromatic rings. The molecule has 1 aliphatic rings. The zero-order valence-electron chi connectivity index (χ0n) is 15.4. The van der Waals surface area contributed by atoms with Crippen LogP contribution >= 0.6 is 12.2 Å². The van der Waals surface area contributed by atoms with Crippen LogP contribution in [0, 0.1) is 0 Å². The third-order valence-corrected chi connectivity index (χ3v) is 4.28. The number of benzene rings is 2. The number of carbonyl (C=O) groups excluding carboxylic acids is 1. The molecule has 0 unspecified atom stereocenters. The van der Waals surface area contributed by atoms with E-state index in [1.807, 2.05) is 25.1 Å². The standard InChI is InChI=1S/C11H13N.C10H12N2OS/c1-8-7-10-5-3-4-6-11(10)12-9(8)2;1-2-11-10(14)12-9(13)8-6-4-3-5-7-8/h3-6,12H,7H2,1-2H3;3-7H,2H2,1H3,(H2,11,12,13,14). The lowest BCUT2D eigenvalue weighted by Gasteiger charge is -2.20. The van der Waals surface area contributed by atoms with Crippen molar-refractivity contribution in [1.29, 1.82) is 0 Å². The Morgan fingerprint density at radius 2 is 1.73 bits per heavy atom. The lowest BCUT2D eigenvalue weighted by Crippen LogP contribution is -2.38. The maximum Gasteiger partial charge on any atom is 0.257 e. The van der Waals surface area contributed by atoms with Crippen LogP contribution in [0.3, 0.4) is 0 Å². The summed E-state index contributed by atoms with van der Waals surface area (Å²) in [4.78, 5) is 11.5. The maximum atomic E-state index is 11.5. The highest BCUT2D eigenvalue weighted by Crippen LogP contribution is 2.26. The smallest absolute Gasteiger partial charge is 0.257 e. The molecule has 0 aromatic heterocycles. The van der Waals surface area contributed by atoms with E-state index < -0.39 is 0 Å². The highest BCUT2D eigenvalue weighted by atomic mass is 32.1. The van der Waals surface area contributed by atoms with E-state index in [4.69, 9.17) is 12.2 Å². The molecule has 5 heteroatoms. The highest BCUT2D eigenvalue weighted by molar-refractivity contribution is 7.80. The van der Waals surface area contributed by atoms with Crippen LogP contribution in [0.4, 0.5) is 5.69 Å². The Hall–Kier alpha value is -2.66. The molecule has 0 aliphatic carbocycles. The van der Waals surface area contributed by atoms with Gasteiger partial charge in [0.15, 0.2) is 5.11 Å². The van der Waals surface area contributed by atoms with E-state index in [0.717, 1.165) is 6.42 Å². The lowest BCUT2D eigenvalue weighted by molar-refractivity contribution is 0.0976. The number of thiocarbonyl (C=S) groups is 1. The molecular weight excluding hydrogens is 342 g/mol. The van der Waals surface area contributed by atoms with E-state index in [0.29, 0.717) is 17.2 Å². The zero-order valence-corrected chi connectivity index (χ0v) is 16.2. The normalized spacial score (nSPS) is 12.1. The van der Waals surface area contributed by atoms with Gasteiger partial charge in [-0.15, -0.1) is 0 Å². The maximum absolute atomic E-state index is 11.5. The molecule has 1 heterocycles. The minimum atomic E-state index is -0.184. The van der Waals surface area contributed by atoms with E-state index >= 15 is 0 Å². The number of amides is 1. The van der Waals surface area contributed by atoms with Gasteiger partial charge in [-0.05, 0) is 68.7 Å². The summed E-state index contributed by atoms with van der Waals surface area (Å²) >= 11 is 4.89. The van der Waals surface area contributed by atoms with E-state index in [1.54, 1.807) is 12.1 Å². The highest BCUT2D eigenvalue weighted by Gasteiger charge is 2.10. The molecule has 2 aromatic carbocycles. The van der Waals surface area contributed by atoms with E-state index in [1.165, 1.54) is 22.5 Å². The molecule has 0 atom stereocenters. The molecule has 136 valence electrons. The molecule has 0 radical (unpaired) electrons. The third kappa shape index (κ3) is 5.70. The van der Waals surface area contributed by atoms with Crippen molar-refractivity contribution >= 4 is 28.9 Å². The second-order valence-electron chi connectivity index (χ2n) is 6.04. The van der Waals surface area contributed by atoms with Crippen molar-refractivity contribution in [3.63, 3.8) is 0 Å². The second-order valence-corrected chi connectivity index (χ2v) is 6.45. The van der Waals surface area contributed by atoms with Crippen molar-refractivity contribution < 1.29 is 4.79 Å². The number of carbonyl (C=O) groups is 1. The molecule has 0 bridgehead atoms. The molecule has 0 saturated heterocycles. The van der Waals surface area contributed by atoms with Gasteiger partial charge in [0.25, 0.3) is 5.91 Å². The quantitative estimate of drug-likeness (QED) is 0.694. The summed E-state index contributed by atoms with van der Waals surface area (Å²) < 4.78 is 0. The summed E-state index contributed by atoms with van der Waals surface area (Å²) in [6.07, 6.45) is 1.09. The van der Waals surface area contributed by atoms with Gasteiger partial charge in [-0.2, -0.15) is 0 Å². The molecule has 0 fully saturated rings. The van der Waals surface area contributed by atoms with Crippen LogP contribution in [0.25, 0.3) is 0 Å². The number of allylic oxidation sites excluding steroid dienone is 2. The van der Waals surface area contributed by atoms with Gasteiger partial charge in [-0.3, -0.25) is 10.1 Å². The van der Waals surface area contributed by atoms with Gasteiger partial charge in [0, 0.05) is 23.5 Å². The fourth-order valence-electron chi connectivity index (χ4n) is 2.49. The average molecular weight is 368 g/mol. The van der Waals surface area contributed by atoms with Crippen molar-refractivity contribution in [2.24, 2.45) is 0 Å². The average Bonchev–Trinajstić information content (AvgIpc) is 2.64. The molecular formula is C21H25N3OS. The summed E-state index contributed by atoms with van der Waals surface area (Å²) in [7, 11) is 0. The number of fused-ring (bicyclic) bond motifs is 1. The summed E-state index contributed by atoms with van der Waals surface area (Å²) in [6, 6.07) is 17.4. The largest absolute Gasteiger partial charge is 0.363 e. The molecule has 1 amide bonds. The fourth-order valence-corrected chi connectivity index (χ4v) is 2.73. The first kappa shape index (κ1) is 19.7. The lowest BCUT2D eigenvalue weighted by atomic mass is 9.99. The molecule has 0 spiro atoms. The van der Waals surface area contributed by atoms with Gasteiger partial charge in [-0.1, -0.05) is 36.4 Å². The molecule has 0 saturated carbocycles. The summed E-state index contributed by atoms with van der Waals surface area (Å²) in [5.41, 5.74) is 6.01. The van der Waals surface area contributed by atoms with Crippen molar-refractivity contribution in [2.75, 3.05) is 11.9 Å². The topological polar surface area (TPSA) is 53.2 Å². The van der Waals surface area contributed by atoms with Crippen LogP contribution in [-0.4, -0.2) is 17.6 Å². The number of hydrogen-bond donors (Lipinski definition) is 3. The van der Waals surface area contributed by atoms with E-state index in [-0.39, 0.29) is 5.91 Å². The predicted molar refractivity (Wildman–Crippen MR) is 112 cm³/mol. The first-order chi connectivity index (χ1) is 12.5. The van der Waals surface area contributed by atoms with Gasteiger partial charge in [0.2, 0.25) is 0 Å². The first-order valence-corrected chi connectivity index (χ1v) is 9.07. The van der Waals surface area contributed by atoms with E-state index in [9.17, 15) is 4.79 Å². The number of anilines is 1. The van der Waals surface area contributed by atoms with Crippen LogP contribution in [0.1, 0.15) is 36.7 Å². The number of nitrogens with one attached hydrogen (secondary N) is 3. The van der Waals surface area contributed by atoms with Crippen LogP contribution < -0.4 is 16.0 Å². The minimum absolute atomic E-state index is 0.184. The van der Waals surface area contributed by atoms with Gasteiger partial charge in [-0.25, -0.2) is 0 Å². The van der Waals surface area contributed by atoms with Gasteiger partial charge >= 0.3 is 0 Å². The van der Waals surface area contributed by atoms with Crippen molar-refractivity contribution in [2.45, 2.75) is 27.2 Å². The minimum Gasteiger partial charge on any atom is -0.363 e. The Morgan fingerprint density at radius 1 is 1.08 bits per heavy atom. The van der Waals surface area contributed by atoms with E-state index in [2.05, 4.69) is 54.1 Å². The second kappa shape index (κ2) is 9.73. The fraction of sp³-hybridized carbons (Fsp3) is 0.238. The molecule has 26 heavy (non-hydrogen) atoms. The first-order valence-electron chi connectivity index (χ1n) is 8.66. The summed E-state index contributed by atoms with van der Waals surface area (Å²) in [5.74, 6) is -0.184.